The number of likely N-dealkylation sites (tertiary alicyclic amines) is 1. The van der Waals surface area contributed by atoms with Gasteiger partial charge < -0.3 is 15.3 Å². The highest BCUT2D eigenvalue weighted by molar-refractivity contribution is 5.79. The molecule has 2 aliphatic rings. The Morgan fingerprint density at radius 3 is 2.65 bits per heavy atom. The maximum absolute atomic E-state index is 13.4. The molecular weight excluding hydrogens is 299 g/mol. The van der Waals surface area contributed by atoms with Gasteiger partial charge in [-0.3, -0.25) is 4.79 Å². The van der Waals surface area contributed by atoms with Crippen molar-refractivity contribution < 1.29 is 19.1 Å². The van der Waals surface area contributed by atoms with Crippen molar-refractivity contribution in [2.45, 2.75) is 31.6 Å². The summed E-state index contributed by atoms with van der Waals surface area (Å²) in [5, 5.41) is 12.1. The molecule has 1 aromatic rings. The second kappa shape index (κ2) is 5.51. The molecule has 5 nitrogen and oxygen atoms in total. The molecule has 1 saturated heterocycles. The average molecular weight is 320 g/mol. The highest BCUT2D eigenvalue weighted by Gasteiger charge is 2.46. The third kappa shape index (κ3) is 3.02. The third-order valence-corrected chi connectivity index (χ3v) is 5.15. The summed E-state index contributed by atoms with van der Waals surface area (Å²) in [6.45, 7) is 2.79. The zero-order valence-corrected chi connectivity index (χ0v) is 13.1. The van der Waals surface area contributed by atoms with E-state index in [0.29, 0.717) is 19.5 Å². The molecule has 2 N–H and O–H groups in total. The highest BCUT2D eigenvalue weighted by atomic mass is 19.1. The van der Waals surface area contributed by atoms with Crippen molar-refractivity contribution in [1.82, 2.24) is 10.2 Å². The first-order valence-electron chi connectivity index (χ1n) is 7.87. The molecule has 23 heavy (non-hydrogen) atoms. The Kier molecular flexibility index (Phi) is 3.78. The van der Waals surface area contributed by atoms with Gasteiger partial charge >= 0.3 is 12.0 Å². The SMILES string of the molecule is CC1(C(=O)O)CCN(C(=O)NCC2(c3cccc(F)c3)CC2)C1. The Morgan fingerprint density at radius 2 is 2.09 bits per heavy atom. The van der Waals surface area contributed by atoms with Crippen LogP contribution in [0, 0.1) is 11.2 Å². The highest BCUT2D eigenvalue weighted by Crippen LogP contribution is 2.47. The number of carbonyl (C=O) groups is 2. The van der Waals surface area contributed by atoms with Crippen molar-refractivity contribution in [3.8, 4) is 0 Å². The minimum absolute atomic E-state index is 0.173. The number of carbonyl (C=O) groups excluding carboxylic acids is 1. The van der Waals surface area contributed by atoms with Gasteiger partial charge in [-0.25, -0.2) is 9.18 Å². The van der Waals surface area contributed by atoms with Gasteiger partial charge in [-0.05, 0) is 43.9 Å². The lowest BCUT2D eigenvalue weighted by molar-refractivity contribution is -0.147. The Balaban J connectivity index is 1.59. The minimum Gasteiger partial charge on any atom is -0.481 e. The zero-order valence-electron chi connectivity index (χ0n) is 13.1. The molecule has 6 heteroatoms. The monoisotopic (exact) mass is 320 g/mol. The number of nitrogens with one attached hydrogen (secondary N) is 1. The Labute approximate surface area is 134 Å². The first-order valence-corrected chi connectivity index (χ1v) is 7.87. The van der Waals surface area contributed by atoms with E-state index in [-0.39, 0.29) is 23.8 Å². The number of nitrogens with zero attached hydrogens (tertiary/aromatic N) is 1. The third-order valence-electron chi connectivity index (χ3n) is 5.15. The maximum atomic E-state index is 13.4. The van der Waals surface area contributed by atoms with E-state index in [0.717, 1.165) is 18.4 Å². The van der Waals surface area contributed by atoms with E-state index in [1.165, 1.54) is 12.1 Å². The lowest BCUT2D eigenvalue weighted by Gasteiger charge is -2.23. The maximum Gasteiger partial charge on any atom is 0.317 e. The van der Waals surface area contributed by atoms with Gasteiger partial charge in [-0.1, -0.05) is 12.1 Å². The number of hydrogen-bond acceptors (Lipinski definition) is 2. The second-order valence-electron chi connectivity index (χ2n) is 6.99. The number of rotatable bonds is 4. The van der Waals surface area contributed by atoms with Crippen molar-refractivity contribution in [2.75, 3.05) is 19.6 Å². The van der Waals surface area contributed by atoms with Crippen LogP contribution in [-0.2, 0) is 10.2 Å². The topological polar surface area (TPSA) is 69.6 Å². The number of aliphatic carboxylic acids is 1. The van der Waals surface area contributed by atoms with E-state index in [1.54, 1.807) is 17.9 Å². The average Bonchev–Trinajstić information content (AvgIpc) is 3.20. The van der Waals surface area contributed by atoms with Gasteiger partial charge in [0, 0.05) is 25.0 Å². The Hall–Kier alpha value is -2.11. The molecule has 0 radical (unpaired) electrons. The van der Waals surface area contributed by atoms with E-state index >= 15 is 0 Å². The van der Waals surface area contributed by atoms with Gasteiger partial charge in [0.2, 0.25) is 0 Å². The summed E-state index contributed by atoms with van der Waals surface area (Å²) in [5.41, 5.74) is -0.125. The van der Waals surface area contributed by atoms with Gasteiger partial charge in [0.25, 0.3) is 0 Å². The largest absolute Gasteiger partial charge is 0.481 e. The number of carboxylic acids is 1. The zero-order chi connectivity index (χ0) is 16.7. The molecule has 1 aliphatic heterocycles. The fourth-order valence-corrected chi connectivity index (χ4v) is 3.20. The fourth-order valence-electron chi connectivity index (χ4n) is 3.20. The molecule has 3 rings (SSSR count). The van der Waals surface area contributed by atoms with Gasteiger partial charge in [0.05, 0.1) is 5.41 Å². The van der Waals surface area contributed by atoms with E-state index in [1.807, 2.05) is 6.07 Å². The van der Waals surface area contributed by atoms with Crippen molar-refractivity contribution >= 4 is 12.0 Å². The summed E-state index contributed by atoms with van der Waals surface area (Å²) in [4.78, 5) is 25.1. The van der Waals surface area contributed by atoms with E-state index in [2.05, 4.69) is 5.32 Å². The van der Waals surface area contributed by atoms with Crippen LogP contribution in [0.1, 0.15) is 31.7 Å². The number of hydrogen-bond donors (Lipinski definition) is 2. The predicted octanol–water partition coefficient (Wildman–Crippen LogP) is 2.36. The van der Waals surface area contributed by atoms with Crippen LogP contribution in [0.4, 0.5) is 9.18 Å². The lowest BCUT2D eigenvalue weighted by Crippen LogP contribution is -2.43. The van der Waals surface area contributed by atoms with Crippen LogP contribution < -0.4 is 5.32 Å². The summed E-state index contributed by atoms with van der Waals surface area (Å²) in [7, 11) is 0. The van der Waals surface area contributed by atoms with Crippen LogP contribution in [0.25, 0.3) is 0 Å². The van der Waals surface area contributed by atoms with Crippen molar-refractivity contribution in [1.29, 1.82) is 0 Å². The number of amides is 2. The summed E-state index contributed by atoms with van der Waals surface area (Å²) < 4.78 is 13.4. The molecular formula is C17H21FN2O3. The van der Waals surface area contributed by atoms with Crippen LogP contribution in [0.2, 0.25) is 0 Å². The van der Waals surface area contributed by atoms with Crippen LogP contribution in [0.15, 0.2) is 24.3 Å². The predicted molar refractivity (Wildman–Crippen MR) is 82.6 cm³/mol. The lowest BCUT2D eigenvalue weighted by atomic mass is 9.90. The first-order chi connectivity index (χ1) is 10.8. The summed E-state index contributed by atoms with van der Waals surface area (Å²) in [5.74, 6) is -1.14. The molecule has 0 aromatic heterocycles. The molecule has 0 bridgehead atoms. The molecule has 1 aromatic carbocycles. The number of benzene rings is 1. The molecule has 2 fully saturated rings. The number of halogens is 1. The fraction of sp³-hybridized carbons (Fsp3) is 0.529. The summed E-state index contributed by atoms with van der Waals surface area (Å²) in [6.07, 6.45) is 2.30. The molecule has 1 unspecified atom stereocenters. The quantitative estimate of drug-likeness (QED) is 0.895. The van der Waals surface area contributed by atoms with E-state index < -0.39 is 11.4 Å². The van der Waals surface area contributed by atoms with Crippen LogP contribution in [0.3, 0.4) is 0 Å². The molecule has 1 atom stereocenters. The number of urea groups is 1. The summed E-state index contributed by atoms with van der Waals surface area (Å²) in [6, 6.07) is 6.27. The molecule has 1 saturated carbocycles. The van der Waals surface area contributed by atoms with E-state index in [4.69, 9.17) is 0 Å². The van der Waals surface area contributed by atoms with Crippen LogP contribution in [0.5, 0.6) is 0 Å². The van der Waals surface area contributed by atoms with Crippen molar-refractivity contribution in [2.24, 2.45) is 5.41 Å². The van der Waals surface area contributed by atoms with Gasteiger partial charge in [-0.15, -0.1) is 0 Å². The number of carboxylic acid groups (broad SMARTS) is 1. The second-order valence-corrected chi connectivity index (χ2v) is 6.99. The molecule has 0 spiro atoms. The van der Waals surface area contributed by atoms with Crippen molar-refractivity contribution in [3.63, 3.8) is 0 Å². The Morgan fingerprint density at radius 1 is 1.35 bits per heavy atom. The van der Waals surface area contributed by atoms with Gasteiger partial charge in [-0.2, -0.15) is 0 Å². The van der Waals surface area contributed by atoms with Crippen LogP contribution >= 0.6 is 0 Å². The standard InChI is InChI=1S/C17H21FN2O3/c1-16(14(21)22)7-8-20(11-16)15(23)19-10-17(5-6-17)12-3-2-4-13(18)9-12/h2-4,9H,5-8,10-11H2,1H3,(H,19,23)(H,21,22). The summed E-state index contributed by atoms with van der Waals surface area (Å²) >= 11 is 0. The van der Waals surface area contributed by atoms with Crippen LogP contribution in [-0.4, -0.2) is 41.6 Å². The Bertz CT molecular complexity index is 644. The van der Waals surface area contributed by atoms with Gasteiger partial charge in [0.15, 0.2) is 0 Å². The molecule has 1 heterocycles. The minimum atomic E-state index is -0.869. The first kappa shape index (κ1) is 15.8. The molecule has 1 aliphatic carbocycles. The van der Waals surface area contributed by atoms with E-state index in [9.17, 15) is 19.1 Å². The molecule has 2 amide bonds. The molecule has 124 valence electrons. The normalized spacial score (nSPS) is 25.2. The van der Waals surface area contributed by atoms with Crippen molar-refractivity contribution in [3.05, 3.63) is 35.6 Å². The van der Waals surface area contributed by atoms with Gasteiger partial charge in [0.1, 0.15) is 5.82 Å². The smallest absolute Gasteiger partial charge is 0.317 e.